The molecule has 3 aliphatic carbocycles. The number of carboxylic acids is 1. The number of hydrogen-bond donors (Lipinski definition) is 12. The third-order valence-corrected chi connectivity index (χ3v) is 21.9. The molecule has 0 saturated heterocycles. The lowest BCUT2D eigenvalue weighted by molar-refractivity contribution is -0.143. The number of ether oxygens (including phenoxy) is 1. The van der Waals surface area contributed by atoms with E-state index in [0.29, 0.717) is 52.5 Å². The van der Waals surface area contributed by atoms with Crippen LogP contribution in [0.25, 0.3) is 52.0 Å². The first kappa shape index (κ1) is 92.8. The number of esters is 1. The number of amides is 8. The Labute approximate surface area is 703 Å². The zero-order valence-corrected chi connectivity index (χ0v) is 68.1. The van der Waals surface area contributed by atoms with Crippen molar-refractivity contribution in [2.75, 3.05) is 32.8 Å². The fourth-order valence-corrected chi connectivity index (χ4v) is 14.6. The second-order valence-corrected chi connectivity index (χ2v) is 31.7. The molecule has 10 aromatic rings. The van der Waals surface area contributed by atoms with Crippen LogP contribution in [0.4, 0.5) is 17.6 Å². The van der Waals surface area contributed by atoms with Crippen molar-refractivity contribution in [2.45, 2.75) is 94.7 Å². The molecule has 3 fully saturated rings. The Balaban J connectivity index is 0.000000204. The van der Waals surface area contributed by atoms with Gasteiger partial charge in [-0.3, -0.25) is 47.9 Å². The molecule has 43 heteroatoms. The van der Waals surface area contributed by atoms with Gasteiger partial charge in [0.25, 0.3) is 0 Å². The molecule has 0 aliphatic heterocycles. The maximum absolute atomic E-state index is 14.8. The fourth-order valence-electron chi connectivity index (χ4n) is 9.49. The molecule has 0 bridgehead atoms. The number of nitrogens with zero attached hydrogens (tertiary/aromatic N) is 8. The van der Waals surface area contributed by atoms with E-state index in [1.165, 1.54) is 97.8 Å². The first-order chi connectivity index (χ1) is 55.2. The fraction of sp³-hybridized carbons (Fsp3) is 0.270. The molecular formula is C74H67BBr3F4N17O14S4. The number of nitrogens with one attached hydrogen (secondary N) is 6. The Bertz CT molecular complexity index is 5490. The second-order valence-electron chi connectivity index (χ2n) is 24.9. The molecule has 608 valence electrons. The lowest BCUT2D eigenvalue weighted by Crippen LogP contribution is -2.39. The van der Waals surface area contributed by atoms with Crippen LogP contribution in [0.2, 0.25) is 0 Å². The molecule has 4 aromatic heterocycles. The maximum Gasteiger partial charge on any atom is 0.488 e. The van der Waals surface area contributed by atoms with Crippen molar-refractivity contribution in [1.82, 2.24) is 51.8 Å². The third kappa shape index (κ3) is 27.4. The van der Waals surface area contributed by atoms with Gasteiger partial charge in [-0.05, 0) is 177 Å². The molecule has 15 N–H and O–H groups in total. The van der Waals surface area contributed by atoms with E-state index in [1.807, 2.05) is 18.2 Å². The number of aromatic nitrogens is 4. The van der Waals surface area contributed by atoms with E-state index in [2.05, 4.69) is 104 Å². The van der Waals surface area contributed by atoms with Gasteiger partial charge in [-0.2, -0.15) is 21.0 Å². The summed E-state index contributed by atoms with van der Waals surface area (Å²) in [6.45, 7) is 0.537. The molecule has 31 nitrogen and oxygen atoms in total. The molecule has 0 spiro atoms. The van der Waals surface area contributed by atoms with Gasteiger partial charge in [0.05, 0.1) is 98.3 Å². The predicted molar refractivity (Wildman–Crippen MR) is 436 cm³/mol. The van der Waals surface area contributed by atoms with Crippen LogP contribution in [0.15, 0.2) is 110 Å². The van der Waals surface area contributed by atoms with Gasteiger partial charge in [0, 0.05) is 34.8 Å². The molecule has 6 aromatic carbocycles. The number of nitrogens with two attached hydrogens (primary N) is 3. The van der Waals surface area contributed by atoms with Gasteiger partial charge in [-0.1, -0.05) is 31.7 Å². The normalized spacial score (nSPS) is 13.2. The Morgan fingerprint density at radius 2 is 0.846 bits per heavy atom. The van der Waals surface area contributed by atoms with Crippen LogP contribution in [0.3, 0.4) is 0 Å². The molecule has 4 heterocycles. The van der Waals surface area contributed by atoms with Gasteiger partial charge < -0.3 is 69.0 Å². The number of hydrogen-bond acceptors (Lipinski definition) is 26. The van der Waals surface area contributed by atoms with E-state index in [4.69, 9.17) is 37.6 Å². The van der Waals surface area contributed by atoms with E-state index < -0.39 is 108 Å². The summed E-state index contributed by atoms with van der Waals surface area (Å²) in [5.41, 5.74) is 18.8. The Morgan fingerprint density at radius 3 is 1.17 bits per heavy atom. The number of fused-ring (bicyclic) bond motifs is 4. The van der Waals surface area contributed by atoms with Crippen LogP contribution in [-0.2, 0) is 43.1 Å². The summed E-state index contributed by atoms with van der Waals surface area (Å²) in [5.74, 6) is -12.9. The topological polar surface area (TPSA) is 538 Å². The van der Waals surface area contributed by atoms with Crippen LogP contribution in [-0.4, -0.2) is 152 Å². The lowest BCUT2D eigenvalue weighted by atomic mass is 9.79. The van der Waals surface area contributed by atoms with Crippen LogP contribution in [0, 0.1) is 68.6 Å². The van der Waals surface area contributed by atoms with E-state index >= 15 is 0 Å². The largest absolute Gasteiger partial charge is 0.488 e. The number of rotatable bonds is 23. The van der Waals surface area contributed by atoms with Gasteiger partial charge in [-0.25, -0.2) is 37.5 Å². The van der Waals surface area contributed by atoms with Crippen LogP contribution in [0.1, 0.15) is 117 Å². The number of benzene rings is 6. The summed E-state index contributed by atoms with van der Waals surface area (Å²) in [6, 6.07) is 31.5. The van der Waals surface area contributed by atoms with Crippen molar-refractivity contribution >= 4 is 206 Å². The minimum absolute atomic E-state index is 0. The quantitative estimate of drug-likeness (QED) is 0.0163. The van der Waals surface area contributed by atoms with Gasteiger partial charge in [-0.15, -0.1) is 45.3 Å². The van der Waals surface area contributed by atoms with Crippen LogP contribution < -0.4 is 54.6 Å². The zero-order valence-electron chi connectivity index (χ0n) is 60.1. The summed E-state index contributed by atoms with van der Waals surface area (Å²) < 4.78 is 62.8. The molecular weight excluding hydrogens is 1810 g/mol. The number of thiazole rings is 4. The highest BCUT2D eigenvalue weighted by Crippen LogP contribution is 2.37. The first-order valence-corrected chi connectivity index (χ1v) is 39.8. The van der Waals surface area contributed by atoms with Crippen LogP contribution in [0.5, 0.6) is 0 Å². The zero-order chi connectivity index (χ0) is 84.8. The third-order valence-electron chi connectivity index (χ3n) is 15.8. The molecule has 13 rings (SSSR count). The summed E-state index contributed by atoms with van der Waals surface area (Å²) in [6.07, 6.45) is 6.30. The number of primary amides is 2. The lowest BCUT2D eigenvalue weighted by Gasteiger charge is -2.08. The van der Waals surface area contributed by atoms with Crippen molar-refractivity contribution in [3.63, 3.8) is 0 Å². The van der Waals surface area contributed by atoms with Crippen molar-refractivity contribution in [3.8, 4) is 35.4 Å². The summed E-state index contributed by atoms with van der Waals surface area (Å²) in [5, 5.41) is 78.8. The Hall–Kier alpha value is -11.4. The minimum atomic E-state index is -1.57. The molecule has 4 atom stereocenters. The van der Waals surface area contributed by atoms with Gasteiger partial charge in [0.2, 0.25) is 47.3 Å². The van der Waals surface area contributed by atoms with Gasteiger partial charge in [0.1, 0.15) is 56.4 Å². The second kappa shape index (κ2) is 43.6. The van der Waals surface area contributed by atoms with Crippen molar-refractivity contribution in [2.24, 2.45) is 17.2 Å². The number of carboxylic acid groups (broad SMARTS) is 1. The molecule has 3 saturated carbocycles. The van der Waals surface area contributed by atoms with Crippen LogP contribution >= 0.6 is 93.1 Å². The summed E-state index contributed by atoms with van der Waals surface area (Å²) in [4.78, 5) is 132. The average molecular weight is 1870 g/mol. The van der Waals surface area contributed by atoms with Crippen molar-refractivity contribution in [1.29, 1.82) is 21.0 Å². The molecule has 4 unspecified atom stereocenters. The van der Waals surface area contributed by atoms with E-state index in [-0.39, 0.29) is 113 Å². The van der Waals surface area contributed by atoms with Gasteiger partial charge in [0.15, 0.2) is 23.7 Å². The number of carbonyl (C=O) groups excluding carboxylic acids is 9. The highest BCUT2D eigenvalue weighted by atomic mass is 79.9. The number of halogens is 7. The summed E-state index contributed by atoms with van der Waals surface area (Å²) >= 11 is 13.3. The monoisotopic (exact) mass is 1870 g/mol. The highest BCUT2D eigenvalue weighted by molar-refractivity contribution is 9.11. The smallest absolute Gasteiger partial charge is 0.480 e. The van der Waals surface area contributed by atoms with Crippen molar-refractivity contribution < 1.29 is 85.4 Å². The van der Waals surface area contributed by atoms with Gasteiger partial charge >= 0.3 is 19.1 Å². The average Bonchev–Trinajstić information content (AvgIpc) is 1.68. The number of aliphatic carboxylic acids is 1. The minimum Gasteiger partial charge on any atom is -0.480 e. The van der Waals surface area contributed by atoms with E-state index in [1.54, 1.807) is 25.1 Å². The maximum atomic E-state index is 14.8. The molecule has 0 radical (unpaired) electrons. The summed E-state index contributed by atoms with van der Waals surface area (Å²) in [7, 11) is -1.57. The van der Waals surface area contributed by atoms with Crippen molar-refractivity contribution in [3.05, 3.63) is 165 Å². The van der Waals surface area contributed by atoms with E-state index in [0.717, 1.165) is 71.0 Å². The molecule has 117 heavy (non-hydrogen) atoms. The standard InChI is InChI=1S/C22H18FN5O3S.C15H12BrFN4O2S.C14H11BrFN3O3S.C12H7BrFN3O3S.C7H8BNO3.C3H7N.CH4/c23-16-8-18-17(7-14(16)11-2-1-3-12(6-11)20(25)30)28-22(32-18)15(9-24)21(31)26-10-19(29)27-13-4-5-13;16-9-3-11-12(4-10(9)17)24-15(21-11)8(5-18)14(23)19-6-13(22)20-7-1-2-7;1-2-22-12(20)6-18-13(21)7(5-17)14-19-10-3-8(15)9(16)4-11(10)23-14;13-6-1-8-9(2-7(6)14)21-12(17-8)5(3-15)11(20)16-4-10(18)19;9-7(10)5-2-1-3-6(4-5)8(11)12;4-3-1-2-3;/h1-3,6-8,13,15H,4-5,10H2,(H2,25,30)(H,26,31)(H,27,29);3-4,7-8H,1-2,6H2,(H,19,23)(H,20,22);3-4,7H,2,6H2,1H3,(H,18,21);1-2,5H,4H2,(H,16,20)(H,18,19);1-4,11-12H,(H2,9,10);3H,1-2,4H2;1H4. The Kier molecular flexibility index (Phi) is 34.6. The number of nitriles is 4. The van der Waals surface area contributed by atoms with E-state index in [9.17, 15) is 81.3 Å². The Morgan fingerprint density at radius 1 is 0.513 bits per heavy atom. The molecule has 8 amide bonds. The predicted octanol–water partition coefficient (Wildman–Crippen LogP) is 8.10. The molecule has 3 aliphatic rings. The SMILES string of the molecule is C.CCOC(=O)CNC(=O)C(C#N)c1nc2cc(Br)c(F)cc2s1.N#CC(C(=O)NCC(=O)NC1CC1)c1nc2cc(-c3cccc(C(N)=O)c3)c(F)cc2s1.N#CC(C(=O)NCC(=O)NC1CC1)c1nc2cc(Br)c(F)cc2s1.N#CC(C(=O)NCC(=O)O)c1nc2cc(Br)c(F)cc2s1.NC(=O)c1cccc(B(O)O)c1.NC1CC1. The number of carbonyl (C=O) groups is 10. The highest BCUT2D eigenvalue weighted by Gasteiger charge is 2.31. The first-order valence-electron chi connectivity index (χ1n) is 34.2.